The fraction of sp³-hybridized carbons (Fsp3) is 0.200. The van der Waals surface area contributed by atoms with E-state index in [0.29, 0.717) is 12.4 Å². The smallest absolute Gasteiger partial charge is 0.493 e. The topological polar surface area (TPSA) is 18.5 Å². The molecule has 0 aromatic heterocycles. The molecule has 2 aromatic carbocycles. The van der Waals surface area contributed by atoms with E-state index < -0.39 is 6.36 Å². The largest absolute Gasteiger partial charge is 0.573 e. The first kappa shape index (κ1) is 15.7. The summed E-state index contributed by atoms with van der Waals surface area (Å²) in [6.45, 7) is 0.440. The van der Waals surface area contributed by atoms with E-state index in [1.165, 1.54) is 18.2 Å². The van der Waals surface area contributed by atoms with Gasteiger partial charge in [-0.15, -0.1) is 13.2 Å². The molecule has 2 rings (SSSR count). The van der Waals surface area contributed by atoms with E-state index in [0.717, 1.165) is 12.0 Å². The van der Waals surface area contributed by atoms with Crippen molar-refractivity contribution in [1.82, 2.24) is 0 Å². The fourth-order valence-electron chi connectivity index (χ4n) is 1.71. The van der Waals surface area contributed by atoms with Crippen molar-refractivity contribution in [2.24, 2.45) is 0 Å². The second kappa shape index (κ2) is 6.85. The SMILES string of the molecule is FC(F)(F)Oc1ccc(OCCc2ccccc2)cc1Br. The van der Waals surface area contributed by atoms with Crippen LogP contribution in [0.2, 0.25) is 0 Å². The molecule has 0 atom stereocenters. The van der Waals surface area contributed by atoms with Gasteiger partial charge in [-0.1, -0.05) is 30.3 Å². The third kappa shape index (κ3) is 5.30. The average molecular weight is 361 g/mol. The summed E-state index contributed by atoms with van der Waals surface area (Å²) < 4.78 is 46.0. The molecule has 6 heteroatoms. The lowest BCUT2D eigenvalue weighted by molar-refractivity contribution is -0.274. The van der Waals surface area contributed by atoms with Gasteiger partial charge in [0.05, 0.1) is 11.1 Å². The van der Waals surface area contributed by atoms with Crippen LogP contribution in [-0.4, -0.2) is 13.0 Å². The van der Waals surface area contributed by atoms with E-state index in [9.17, 15) is 13.2 Å². The van der Waals surface area contributed by atoms with Crippen molar-refractivity contribution in [3.63, 3.8) is 0 Å². The molecule has 0 bridgehead atoms. The summed E-state index contributed by atoms with van der Waals surface area (Å²) in [6.07, 6.45) is -3.99. The lowest BCUT2D eigenvalue weighted by Crippen LogP contribution is -2.17. The summed E-state index contributed by atoms with van der Waals surface area (Å²) in [5.41, 5.74) is 1.13. The van der Waals surface area contributed by atoms with Gasteiger partial charge >= 0.3 is 6.36 Å². The quantitative estimate of drug-likeness (QED) is 0.749. The van der Waals surface area contributed by atoms with Crippen LogP contribution in [0, 0.1) is 0 Å². The van der Waals surface area contributed by atoms with Crippen molar-refractivity contribution < 1.29 is 22.6 Å². The van der Waals surface area contributed by atoms with Crippen LogP contribution >= 0.6 is 15.9 Å². The number of hydrogen-bond donors (Lipinski definition) is 0. The van der Waals surface area contributed by atoms with Gasteiger partial charge in [0.2, 0.25) is 0 Å². The predicted molar refractivity (Wildman–Crippen MR) is 76.5 cm³/mol. The minimum Gasteiger partial charge on any atom is -0.493 e. The summed E-state index contributed by atoms with van der Waals surface area (Å²) in [5.74, 6) is 0.185. The van der Waals surface area contributed by atoms with E-state index in [4.69, 9.17) is 4.74 Å². The Bertz CT molecular complexity index is 585. The van der Waals surface area contributed by atoms with E-state index in [1.54, 1.807) is 0 Å². The molecular weight excluding hydrogens is 349 g/mol. The number of halogens is 4. The second-order valence-corrected chi connectivity index (χ2v) is 5.08. The van der Waals surface area contributed by atoms with Gasteiger partial charge in [0.25, 0.3) is 0 Å². The minimum atomic E-state index is -4.71. The zero-order valence-corrected chi connectivity index (χ0v) is 12.4. The highest BCUT2D eigenvalue weighted by Crippen LogP contribution is 2.33. The molecule has 0 radical (unpaired) electrons. The standard InChI is InChI=1S/C15H12BrF3O2/c16-13-10-12(6-7-14(13)21-15(17,18)19)20-9-8-11-4-2-1-3-5-11/h1-7,10H,8-9H2. The monoisotopic (exact) mass is 360 g/mol. The Hall–Kier alpha value is -1.69. The summed E-state index contributed by atoms with van der Waals surface area (Å²) >= 11 is 3.03. The minimum absolute atomic E-state index is 0.192. The van der Waals surface area contributed by atoms with Gasteiger partial charge in [-0.2, -0.15) is 0 Å². The number of rotatable bonds is 5. The van der Waals surface area contributed by atoms with Crippen LogP contribution in [0.4, 0.5) is 13.2 Å². The van der Waals surface area contributed by atoms with Crippen LogP contribution in [0.15, 0.2) is 53.0 Å². The summed E-state index contributed by atoms with van der Waals surface area (Å²) in [4.78, 5) is 0. The third-order valence-electron chi connectivity index (χ3n) is 2.63. The lowest BCUT2D eigenvalue weighted by atomic mass is 10.2. The average Bonchev–Trinajstić information content (AvgIpc) is 2.42. The molecule has 0 spiro atoms. The Kier molecular flexibility index (Phi) is 5.12. The van der Waals surface area contributed by atoms with E-state index in [-0.39, 0.29) is 10.2 Å². The number of ether oxygens (including phenoxy) is 2. The summed E-state index contributed by atoms with van der Waals surface area (Å²) in [5, 5.41) is 0. The first-order valence-electron chi connectivity index (χ1n) is 6.16. The van der Waals surface area contributed by atoms with E-state index in [1.807, 2.05) is 30.3 Å². The van der Waals surface area contributed by atoms with Gasteiger partial charge in [-0.3, -0.25) is 0 Å². The number of hydrogen-bond acceptors (Lipinski definition) is 2. The van der Waals surface area contributed by atoms with E-state index >= 15 is 0 Å². The highest BCUT2D eigenvalue weighted by Gasteiger charge is 2.31. The maximum absolute atomic E-state index is 12.1. The van der Waals surface area contributed by atoms with Crippen LogP contribution in [-0.2, 0) is 6.42 Å². The van der Waals surface area contributed by atoms with Crippen LogP contribution in [0.3, 0.4) is 0 Å². The zero-order chi connectivity index (χ0) is 15.3. The van der Waals surface area contributed by atoms with Crippen LogP contribution < -0.4 is 9.47 Å². The molecule has 0 aliphatic carbocycles. The van der Waals surface area contributed by atoms with E-state index in [2.05, 4.69) is 20.7 Å². The van der Waals surface area contributed by atoms with Crippen molar-refractivity contribution in [2.75, 3.05) is 6.61 Å². The van der Waals surface area contributed by atoms with Gasteiger partial charge in [-0.05, 0) is 39.7 Å². The van der Waals surface area contributed by atoms with Gasteiger partial charge in [0, 0.05) is 6.42 Å². The number of benzene rings is 2. The van der Waals surface area contributed by atoms with Crippen LogP contribution in [0.5, 0.6) is 11.5 Å². The zero-order valence-electron chi connectivity index (χ0n) is 10.9. The Morgan fingerprint density at radius 3 is 2.33 bits per heavy atom. The predicted octanol–water partition coefficient (Wildman–Crippen LogP) is 4.97. The van der Waals surface area contributed by atoms with Crippen molar-refractivity contribution in [1.29, 1.82) is 0 Å². The molecule has 2 nitrogen and oxygen atoms in total. The summed E-state index contributed by atoms with van der Waals surface area (Å²) in [7, 11) is 0. The third-order valence-corrected chi connectivity index (χ3v) is 3.25. The molecule has 0 aliphatic heterocycles. The van der Waals surface area contributed by atoms with Crippen LogP contribution in [0.1, 0.15) is 5.56 Å². The second-order valence-electron chi connectivity index (χ2n) is 4.22. The maximum Gasteiger partial charge on any atom is 0.573 e. The molecular formula is C15H12BrF3O2. The first-order chi connectivity index (χ1) is 9.94. The highest BCUT2D eigenvalue weighted by atomic mass is 79.9. The molecule has 0 saturated carbocycles. The maximum atomic E-state index is 12.1. The normalized spacial score (nSPS) is 11.2. The molecule has 0 N–H and O–H groups in total. The van der Waals surface area contributed by atoms with Crippen molar-refractivity contribution >= 4 is 15.9 Å². The highest BCUT2D eigenvalue weighted by molar-refractivity contribution is 9.10. The molecule has 0 fully saturated rings. The van der Waals surface area contributed by atoms with Gasteiger partial charge < -0.3 is 9.47 Å². The Morgan fingerprint density at radius 2 is 1.71 bits per heavy atom. The Labute approximate surface area is 128 Å². The van der Waals surface area contributed by atoms with Crippen molar-refractivity contribution in [3.05, 3.63) is 58.6 Å². The Balaban J connectivity index is 1.91. The fourth-order valence-corrected chi connectivity index (χ4v) is 2.15. The molecule has 0 amide bonds. The molecule has 2 aromatic rings. The first-order valence-corrected chi connectivity index (χ1v) is 6.95. The molecule has 0 aliphatic rings. The molecule has 0 heterocycles. The number of alkyl halides is 3. The summed E-state index contributed by atoms with van der Waals surface area (Å²) in [6, 6.07) is 13.9. The van der Waals surface area contributed by atoms with Crippen LogP contribution in [0.25, 0.3) is 0 Å². The molecule has 21 heavy (non-hydrogen) atoms. The van der Waals surface area contributed by atoms with Gasteiger partial charge in [0.1, 0.15) is 11.5 Å². The van der Waals surface area contributed by atoms with Gasteiger partial charge in [0.15, 0.2) is 0 Å². The van der Waals surface area contributed by atoms with Crippen molar-refractivity contribution in [3.8, 4) is 11.5 Å². The Morgan fingerprint density at radius 1 is 1.00 bits per heavy atom. The molecule has 0 saturated heterocycles. The van der Waals surface area contributed by atoms with Gasteiger partial charge in [-0.25, -0.2) is 0 Å². The molecule has 112 valence electrons. The lowest BCUT2D eigenvalue weighted by Gasteiger charge is -2.12. The molecule has 0 unspecified atom stereocenters. The van der Waals surface area contributed by atoms with Crippen molar-refractivity contribution in [2.45, 2.75) is 12.8 Å².